The Hall–Kier alpha value is -1.02. The van der Waals surface area contributed by atoms with E-state index in [1.807, 2.05) is 32.9 Å². The standard InChI is InChI=1S/C13H17ClO2/c1-8-5-12(6-9(2)13(8)14)16-11(4)7-10(3)15/h5-6,11H,7H2,1-4H3. The molecule has 1 rings (SSSR count). The summed E-state index contributed by atoms with van der Waals surface area (Å²) in [4.78, 5) is 10.9. The normalized spacial score (nSPS) is 12.3. The molecule has 1 unspecified atom stereocenters. The maximum absolute atomic E-state index is 10.9. The third-order valence-corrected chi connectivity index (χ3v) is 2.92. The summed E-state index contributed by atoms with van der Waals surface area (Å²) in [6.07, 6.45) is 0.332. The van der Waals surface area contributed by atoms with Crippen LogP contribution in [-0.2, 0) is 4.79 Å². The van der Waals surface area contributed by atoms with E-state index < -0.39 is 0 Å². The number of hydrogen-bond donors (Lipinski definition) is 0. The monoisotopic (exact) mass is 240 g/mol. The first kappa shape index (κ1) is 13.0. The number of carbonyl (C=O) groups is 1. The number of rotatable bonds is 4. The molecular weight excluding hydrogens is 224 g/mol. The third kappa shape index (κ3) is 3.53. The van der Waals surface area contributed by atoms with E-state index in [0.717, 1.165) is 21.9 Å². The summed E-state index contributed by atoms with van der Waals surface area (Å²) in [5.41, 5.74) is 1.98. The molecule has 1 atom stereocenters. The van der Waals surface area contributed by atoms with Crippen molar-refractivity contribution in [1.82, 2.24) is 0 Å². The van der Waals surface area contributed by atoms with Crippen molar-refractivity contribution in [3.63, 3.8) is 0 Å². The highest BCUT2D eigenvalue weighted by molar-refractivity contribution is 6.32. The van der Waals surface area contributed by atoms with Gasteiger partial charge in [-0.3, -0.25) is 4.79 Å². The van der Waals surface area contributed by atoms with Crippen molar-refractivity contribution >= 4 is 17.4 Å². The van der Waals surface area contributed by atoms with E-state index >= 15 is 0 Å². The number of hydrogen-bond acceptors (Lipinski definition) is 2. The smallest absolute Gasteiger partial charge is 0.133 e. The van der Waals surface area contributed by atoms with Gasteiger partial charge in [0.05, 0.1) is 0 Å². The molecule has 0 radical (unpaired) electrons. The minimum atomic E-state index is -0.0996. The van der Waals surface area contributed by atoms with Crippen LogP contribution < -0.4 is 4.74 Å². The fourth-order valence-corrected chi connectivity index (χ4v) is 1.76. The lowest BCUT2D eigenvalue weighted by molar-refractivity contribution is -0.118. The van der Waals surface area contributed by atoms with Crippen LogP contribution in [0.2, 0.25) is 5.02 Å². The van der Waals surface area contributed by atoms with Gasteiger partial charge in [0.2, 0.25) is 0 Å². The Morgan fingerprint density at radius 3 is 2.31 bits per heavy atom. The second kappa shape index (κ2) is 5.35. The van der Waals surface area contributed by atoms with Gasteiger partial charge in [-0.2, -0.15) is 0 Å². The van der Waals surface area contributed by atoms with Crippen LogP contribution in [0.15, 0.2) is 12.1 Å². The molecule has 1 aromatic rings. The first-order valence-electron chi connectivity index (χ1n) is 5.33. The fourth-order valence-electron chi connectivity index (χ4n) is 1.65. The highest BCUT2D eigenvalue weighted by atomic mass is 35.5. The summed E-state index contributed by atoms with van der Waals surface area (Å²) < 4.78 is 5.66. The zero-order valence-electron chi connectivity index (χ0n) is 10.1. The lowest BCUT2D eigenvalue weighted by Crippen LogP contribution is -2.15. The van der Waals surface area contributed by atoms with E-state index in [1.54, 1.807) is 6.92 Å². The number of ether oxygens (including phenoxy) is 1. The van der Waals surface area contributed by atoms with Gasteiger partial charge in [0.1, 0.15) is 17.6 Å². The van der Waals surface area contributed by atoms with Crippen LogP contribution in [0.25, 0.3) is 0 Å². The van der Waals surface area contributed by atoms with Crippen LogP contribution in [-0.4, -0.2) is 11.9 Å². The molecule has 1 aromatic carbocycles. The summed E-state index contributed by atoms with van der Waals surface area (Å²) in [5, 5.41) is 0.770. The van der Waals surface area contributed by atoms with Crippen molar-refractivity contribution in [2.75, 3.05) is 0 Å². The molecule has 0 bridgehead atoms. The van der Waals surface area contributed by atoms with Gasteiger partial charge < -0.3 is 4.74 Å². The Morgan fingerprint density at radius 2 is 1.88 bits per heavy atom. The quantitative estimate of drug-likeness (QED) is 0.802. The SMILES string of the molecule is CC(=O)CC(C)Oc1cc(C)c(Cl)c(C)c1. The van der Waals surface area contributed by atoms with Crippen LogP contribution in [0.3, 0.4) is 0 Å². The molecule has 88 valence electrons. The van der Waals surface area contributed by atoms with Crippen molar-refractivity contribution in [2.45, 2.75) is 40.2 Å². The average molecular weight is 241 g/mol. The Balaban J connectivity index is 2.78. The molecule has 0 aliphatic rings. The number of carbonyl (C=O) groups excluding carboxylic acids is 1. The molecule has 0 amide bonds. The molecule has 0 aromatic heterocycles. The number of aryl methyl sites for hydroxylation is 2. The summed E-state index contributed by atoms with van der Waals surface area (Å²) in [6, 6.07) is 3.79. The second-order valence-electron chi connectivity index (χ2n) is 4.21. The van der Waals surface area contributed by atoms with E-state index in [1.165, 1.54) is 0 Å². The van der Waals surface area contributed by atoms with Crippen LogP contribution >= 0.6 is 11.6 Å². The van der Waals surface area contributed by atoms with Gasteiger partial charge in [-0.1, -0.05) is 11.6 Å². The van der Waals surface area contributed by atoms with Gasteiger partial charge in [-0.05, 0) is 51.0 Å². The van der Waals surface area contributed by atoms with E-state index in [4.69, 9.17) is 16.3 Å². The average Bonchev–Trinajstić information content (AvgIpc) is 2.12. The maximum Gasteiger partial charge on any atom is 0.133 e. The Kier molecular flexibility index (Phi) is 4.36. The Bertz CT molecular complexity index is 376. The number of Topliss-reactive ketones (excluding diaryl/α,β-unsaturated/α-hetero) is 1. The van der Waals surface area contributed by atoms with E-state index in [0.29, 0.717) is 6.42 Å². The molecule has 3 heteroatoms. The van der Waals surface area contributed by atoms with E-state index in [9.17, 15) is 4.79 Å². The number of halogens is 1. The van der Waals surface area contributed by atoms with Crippen LogP contribution in [0, 0.1) is 13.8 Å². The van der Waals surface area contributed by atoms with Crippen LogP contribution in [0.5, 0.6) is 5.75 Å². The van der Waals surface area contributed by atoms with Gasteiger partial charge in [-0.15, -0.1) is 0 Å². The topological polar surface area (TPSA) is 26.3 Å². The van der Waals surface area contributed by atoms with Gasteiger partial charge in [0, 0.05) is 11.4 Å². The predicted molar refractivity (Wildman–Crippen MR) is 66.3 cm³/mol. The predicted octanol–water partition coefficient (Wildman–Crippen LogP) is 3.70. The van der Waals surface area contributed by atoms with Gasteiger partial charge >= 0.3 is 0 Å². The van der Waals surface area contributed by atoms with Crippen molar-refractivity contribution < 1.29 is 9.53 Å². The molecule has 0 heterocycles. The summed E-state index contributed by atoms with van der Waals surface area (Å²) in [6.45, 7) is 7.34. The minimum absolute atomic E-state index is 0.0996. The molecular formula is C13H17ClO2. The molecule has 0 aliphatic carbocycles. The van der Waals surface area contributed by atoms with Gasteiger partial charge in [0.15, 0.2) is 0 Å². The summed E-state index contributed by atoms with van der Waals surface area (Å²) >= 11 is 6.06. The molecule has 0 fully saturated rings. The molecule has 2 nitrogen and oxygen atoms in total. The van der Waals surface area contributed by atoms with E-state index in [2.05, 4.69) is 0 Å². The molecule has 16 heavy (non-hydrogen) atoms. The van der Waals surface area contributed by atoms with Gasteiger partial charge in [-0.25, -0.2) is 0 Å². The largest absolute Gasteiger partial charge is 0.490 e. The molecule has 0 N–H and O–H groups in total. The zero-order chi connectivity index (χ0) is 12.3. The summed E-state index contributed by atoms with van der Waals surface area (Å²) in [5.74, 6) is 0.906. The highest BCUT2D eigenvalue weighted by Crippen LogP contribution is 2.26. The first-order valence-corrected chi connectivity index (χ1v) is 5.70. The van der Waals surface area contributed by atoms with Crippen LogP contribution in [0.4, 0.5) is 0 Å². The van der Waals surface area contributed by atoms with E-state index in [-0.39, 0.29) is 11.9 Å². The molecule has 0 spiro atoms. The lowest BCUT2D eigenvalue weighted by Gasteiger charge is -2.15. The fraction of sp³-hybridized carbons (Fsp3) is 0.462. The second-order valence-corrected chi connectivity index (χ2v) is 4.58. The lowest BCUT2D eigenvalue weighted by atomic mass is 10.1. The zero-order valence-corrected chi connectivity index (χ0v) is 10.9. The van der Waals surface area contributed by atoms with Crippen molar-refractivity contribution in [2.24, 2.45) is 0 Å². The minimum Gasteiger partial charge on any atom is -0.490 e. The molecule has 0 aliphatic heterocycles. The highest BCUT2D eigenvalue weighted by Gasteiger charge is 2.09. The van der Waals surface area contributed by atoms with Crippen LogP contribution in [0.1, 0.15) is 31.4 Å². The van der Waals surface area contributed by atoms with Crippen molar-refractivity contribution in [3.05, 3.63) is 28.3 Å². The third-order valence-electron chi connectivity index (χ3n) is 2.32. The maximum atomic E-state index is 10.9. The van der Waals surface area contributed by atoms with Crippen molar-refractivity contribution in [1.29, 1.82) is 0 Å². The number of ketones is 1. The molecule has 0 saturated heterocycles. The first-order chi connectivity index (χ1) is 7.40. The molecule has 0 saturated carbocycles. The number of benzene rings is 1. The summed E-state index contributed by atoms with van der Waals surface area (Å²) in [7, 11) is 0. The van der Waals surface area contributed by atoms with Gasteiger partial charge in [0.25, 0.3) is 0 Å². The Labute approximate surface area is 102 Å². The van der Waals surface area contributed by atoms with Crippen molar-refractivity contribution in [3.8, 4) is 5.75 Å². The Morgan fingerprint density at radius 1 is 1.38 bits per heavy atom.